The normalized spacial score (nSPS) is 19.5. The van der Waals surface area contributed by atoms with Crippen molar-refractivity contribution in [1.82, 2.24) is 45.0 Å². The van der Waals surface area contributed by atoms with E-state index in [0.29, 0.717) is 68.3 Å². The van der Waals surface area contributed by atoms with Crippen LogP contribution in [0.4, 0.5) is 20.3 Å². The Balaban J connectivity index is 0.901. The summed E-state index contributed by atoms with van der Waals surface area (Å²) in [6.45, 7) is 13.2. The van der Waals surface area contributed by atoms with Gasteiger partial charge in [0.05, 0.1) is 47.0 Å². The highest BCUT2D eigenvalue weighted by atomic mass is 32.1. The molecular formula is C51H62F2N10O6S. The molecular weight excluding hydrogens is 919 g/mol. The van der Waals surface area contributed by atoms with E-state index in [-0.39, 0.29) is 37.0 Å². The molecule has 19 heteroatoms. The number of aromatic nitrogens is 5. The smallest absolute Gasteiger partial charge is 0.264 e. The van der Waals surface area contributed by atoms with E-state index in [9.17, 15) is 24.3 Å². The van der Waals surface area contributed by atoms with Crippen molar-refractivity contribution in [1.29, 1.82) is 0 Å². The van der Waals surface area contributed by atoms with E-state index in [1.807, 2.05) is 47.9 Å². The van der Waals surface area contributed by atoms with Gasteiger partial charge in [-0.2, -0.15) is 10.2 Å². The summed E-state index contributed by atoms with van der Waals surface area (Å²) in [5.41, 5.74) is 7.93. The number of aliphatic hydroxyl groups is 1. The molecule has 2 saturated heterocycles. The Bertz CT molecular complexity index is 2760. The van der Waals surface area contributed by atoms with E-state index in [1.54, 1.807) is 62.9 Å². The fourth-order valence-electron chi connectivity index (χ4n) is 10.4. The lowest BCUT2D eigenvalue weighted by molar-refractivity contribution is -0.144. The second-order valence-electron chi connectivity index (χ2n) is 20.2. The van der Waals surface area contributed by atoms with Gasteiger partial charge in [0.2, 0.25) is 23.6 Å². The number of fused-ring (bicyclic) bond motifs is 2. The number of β-amino-alcohol motifs (C(OH)–C–C–N with tert-alkyl or cyclic N) is 1. The van der Waals surface area contributed by atoms with Crippen LogP contribution in [0.3, 0.4) is 0 Å². The third-order valence-electron chi connectivity index (χ3n) is 14.2. The minimum Gasteiger partial charge on any atom is -0.391 e. The number of thiazole rings is 1. The lowest BCUT2D eigenvalue weighted by Crippen LogP contribution is -2.58. The summed E-state index contributed by atoms with van der Waals surface area (Å²) in [5, 5.41) is 26.2. The molecule has 2 fully saturated rings. The fourth-order valence-corrected chi connectivity index (χ4v) is 11.2. The number of halogens is 2. The maximum atomic E-state index is 15.2. The number of amides is 4. The predicted octanol–water partition coefficient (Wildman–Crippen LogP) is 6.83. The number of nitrogens with one attached hydrogen (secondary N) is 2. The largest absolute Gasteiger partial charge is 0.391 e. The van der Waals surface area contributed by atoms with Crippen LogP contribution in [0.1, 0.15) is 112 Å². The molecule has 70 heavy (non-hydrogen) atoms. The zero-order valence-electron chi connectivity index (χ0n) is 40.6. The van der Waals surface area contributed by atoms with Crippen LogP contribution in [0.5, 0.6) is 0 Å². The average molecular weight is 981 g/mol. The number of hydrogen-bond acceptors (Lipinski definition) is 11. The molecule has 372 valence electrons. The van der Waals surface area contributed by atoms with E-state index in [1.165, 1.54) is 15.8 Å². The van der Waals surface area contributed by atoms with Crippen LogP contribution < -0.4 is 15.5 Å². The highest BCUT2D eigenvalue weighted by Crippen LogP contribution is 2.44. The van der Waals surface area contributed by atoms with Gasteiger partial charge in [-0.1, -0.05) is 45.0 Å². The molecule has 0 unspecified atom stereocenters. The van der Waals surface area contributed by atoms with E-state index in [2.05, 4.69) is 25.4 Å². The number of anilines is 2. The van der Waals surface area contributed by atoms with Gasteiger partial charge in [-0.3, -0.25) is 28.5 Å². The number of benzene rings is 2. The average Bonchev–Trinajstić information content (AvgIpc) is 4.16. The summed E-state index contributed by atoms with van der Waals surface area (Å²) in [5.74, 6) is -0.794. The topological polar surface area (TPSA) is 180 Å². The van der Waals surface area contributed by atoms with Crippen LogP contribution in [-0.2, 0) is 49.8 Å². The van der Waals surface area contributed by atoms with Crippen molar-refractivity contribution in [2.24, 2.45) is 5.41 Å². The number of ether oxygens (including phenoxy) is 1. The molecule has 3 N–H and O–H groups in total. The van der Waals surface area contributed by atoms with E-state index >= 15 is 8.78 Å². The van der Waals surface area contributed by atoms with Crippen molar-refractivity contribution in [2.75, 3.05) is 37.7 Å². The van der Waals surface area contributed by atoms with E-state index in [4.69, 9.17) is 9.84 Å². The summed E-state index contributed by atoms with van der Waals surface area (Å²) in [6.07, 6.45) is 2.99. The third kappa shape index (κ3) is 9.97. The zero-order valence-corrected chi connectivity index (χ0v) is 41.4. The van der Waals surface area contributed by atoms with Gasteiger partial charge in [-0.15, -0.1) is 11.3 Å². The molecule has 3 aromatic heterocycles. The lowest BCUT2D eigenvalue weighted by atomic mass is 9.85. The van der Waals surface area contributed by atoms with Gasteiger partial charge < -0.3 is 35.2 Å². The first-order valence-corrected chi connectivity index (χ1v) is 25.1. The third-order valence-corrected chi connectivity index (χ3v) is 15.2. The van der Waals surface area contributed by atoms with Crippen LogP contribution in [0, 0.1) is 12.3 Å². The molecule has 9 rings (SSSR count). The molecule has 0 radical (unpaired) electrons. The second kappa shape index (κ2) is 20.0. The number of rotatable bonds is 12. The number of aliphatic hydroxyl groups excluding tert-OH is 1. The van der Waals surface area contributed by atoms with Crippen molar-refractivity contribution in [2.45, 2.75) is 130 Å². The van der Waals surface area contributed by atoms with Gasteiger partial charge in [0.25, 0.3) is 6.43 Å². The van der Waals surface area contributed by atoms with Crippen molar-refractivity contribution >= 4 is 46.5 Å². The predicted molar refractivity (Wildman–Crippen MR) is 260 cm³/mol. The van der Waals surface area contributed by atoms with Gasteiger partial charge >= 0.3 is 0 Å². The van der Waals surface area contributed by atoms with Gasteiger partial charge in [-0.25, -0.2) is 13.8 Å². The fraction of sp³-hybridized carbons (Fsp3) is 0.510. The minimum absolute atomic E-state index is 0.0237. The van der Waals surface area contributed by atoms with Gasteiger partial charge in [0.1, 0.15) is 18.6 Å². The standard InChI is InChI=1S/C51H62F2N10O6S/c1-29(32-9-11-33(12-10-32)45-30(2)54-28-70-45)56-49(67)43-21-37(65)25-62(43)50(68)46(51(4,5)6)57-44(66)27-60-24-35(23-55-60)38-20-34-8-7-16-61(42(34)22-39(38)47(52)53)48-40-26-59(31(3)64)17-13-41(40)63(58-48)36-14-18-69-19-15-36/h9-12,20,22-24,28-29,36-37,43,46-47,65H,7-8,13-19,21,25-27H2,1-6H3,(H,56,67)(H,57,66)/t29-,37+,43-,46+/m0/s1. The summed E-state index contributed by atoms with van der Waals surface area (Å²) < 4.78 is 39.5. The summed E-state index contributed by atoms with van der Waals surface area (Å²) in [6, 6.07) is 8.91. The number of carbonyl (C=O) groups excluding carboxylic acids is 4. The molecule has 0 spiro atoms. The molecule has 5 aromatic rings. The van der Waals surface area contributed by atoms with E-state index in [0.717, 1.165) is 57.8 Å². The first-order valence-electron chi connectivity index (χ1n) is 24.2. The number of aryl methyl sites for hydroxylation is 2. The van der Waals surface area contributed by atoms with Gasteiger partial charge in [0, 0.05) is 86.9 Å². The second-order valence-corrected chi connectivity index (χ2v) is 21.0. The minimum atomic E-state index is -2.83. The van der Waals surface area contributed by atoms with Crippen LogP contribution in [0.2, 0.25) is 0 Å². The first kappa shape index (κ1) is 49.0. The molecule has 4 aliphatic rings. The number of nitrogens with zero attached hydrogens (tertiary/aromatic N) is 8. The molecule has 4 atom stereocenters. The van der Waals surface area contributed by atoms with Crippen molar-refractivity contribution in [3.63, 3.8) is 0 Å². The maximum absolute atomic E-state index is 15.2. The van der Waals surface area contributed by atoms with E-state index < -0.39 is 53.8 Å². The molecule has 0 aliphatic carbocycles. The number of carbonyl (C=O) groups is 4. The zero-order chi connectivity index (χ0) is 49.6. The Labute approximate surface area is 410 Å². The monoisotopic (exact) mass is 980 g/mol. The number of likely N-dealkylation sites (tertiary alicyclic amines) is 1. The maximum Gasteiger partial charge on any atom is 0.264 e. The van der Waals surface area contributed by atoms with Gasteiger partial charge in [-0.05, 0) is 79.3 Å². The lowest BCUT2D eigenvalue weighted by Gasteiger charge is -2.35. The molecule has 2 aromatic carbocycles. The molecule has 0 bridgehead atoms. The van der Waals surface area contributed by atoms with Crippen LogP contribution >= 0.6 is 11.3 Å². The first-order chi connectivity index (χ1) is 33.4. The summed E-state index contributed by atoms with van der Waals surface area (Å²) in [4.78, 5) is 65.2. The SMILES string of the molecule is CC(=O)N1CCc2c(c(N3CCCc4cc(-c5cnn(CC(=O)N[C@H](C(=O)N6C[C@H](O)C[C@H]6C(=O)N[C@@H](C)c6ccc(-c7scnc7C)cc6)C(C)(C)C)c5)c(C(F)F)cc43)nn2C2CCOCC2)C1. The quantitative estimate of drug-likeness (QED) is 0.120. The molecule has 7 heterocycles. The van der Waals surface area contributed by atoms with Crippen LogP contribution in [-0.4, -0.2) is 114 Å². The number of hydrogen-bond donors (Lipinski definition) is 3. The summed E-state index contributed by atoms with van der Waals surface area (Å²) >= 11 is 1.56. The Morgan fingerprint density at radius 2 is 1.77 bits per heavy atom. The Hall–Kier alpha value is -6.05. The molecule has 4 amide bonds. The Morgan fingerprint density at radius 3 is 2.46 bits per heavy atom. The Morgan fingerprint density at radius 1 is 1.01 bits per heavy atom. The molecule has 0 saturated carbocycles. The van der Waals surface area contributed by atoms with Crippen LogP contribution in [0.25, 0.3) is 21.6 Å². The van der Waals surface area contributed by atoms with Gasteiger partial charge in [0.15, 0.2) is 5.82 Å². The summed E-state index contributed by atoms with van der Waals surface area (Å²) in [7, 11) is 0. The molecule has 16 nitrogen and oxygen atoms in total. The highest BCUT2D eigenvalue weighted by molar-refractivity contribution is 7.13. The van der Waals surface area contributed by atoms with Crippen molar-refractivity contribution in [3.8, 4) is 21.6 Å². The Kier molecular flexibility index (Phi) is 14.0. The number of alkyl halides is 2. The van der Waals surface area contributed by atoms with Crippen LogP contribution in [0.15, 0.2) is 54.3 Å². The highest BCUT2D eigenvalue weighted by Gasteiger charge is 2.45. The van der Waals surface area contributed by atoms with Crippen molar-refractivity contribution < 1.29 is 37.8 Å². The molecule has 4 aliphatic heterocycles. The van der Waals surface area contributed by atoms with Crippen molar-refractivity contribution in [3.05, 3.63) is 87.9 Å².